The van der Waals surface area contributed by atoms with Crippen molar-refractivity contribution < 1.29 is 4.52 Å². The van der Waals surface area contributed by atoms with Crippen LogP contribution in [0.3, 0.4) is 0 Å². The predicted molar refractivity (Wildman–Crippen MR) is 43.9 cm³/mol. The average Bonchev–Trinajstić information content (AvgIpc) is 2.36. The standard InChI is InChI=1S/C8H12N2O/c1-6(3-4-9)8-5-10-11-7(8)2/h5H,1,3-4,9H2,2H3. The summed E-state index contributed by atoms with van der Waals surface area (Å²) in [5.74, 6) is 0.809. The number of aryl methyl sites for hydroxylation is 1. The molecule has 0 saturated heterocycles. The minimum Gasteiger partial charge on any atom is -0.361 e. The molecule has 60 valence electrons. The minimum atomic E-state index is 0.615. The molecule has 2 N–H and O–H groups in total. The van der Waals surface area contributed by atoms with Crippen molar-refractivity contribution in [1.82, 2.24) is 5.16 Å². The van der Waals surface area contributed by atoms with E-state index in [2.05, 4.69) is 11.7 Å². The first-order valence-corrected chi connectivity index (χ1v) is 3.55. The summed E-state index contributed by atoms with van der Waals surface area (Å²) in [6.45, 7) is 6.35. The van der Waals surface area contributed by atoms with E-state index in [1.165, 1.54) is 0 Å². The second kappa shape index (κ2) is 3.34. The molecular formula is C8H12N2O. The van der Waals surface area contributed by atoms with Gasteiger partial charge in [-0.1, -0.05) is 11.7 Å². The van der Waals surface area contributed by atoms with Crippen molar-refractivity contribution in [1.29, 1.82) is 0 Å². The molecule has 0 bridgehead atoms. The first-order valence-electron chi connectivity index (χ1n) is 3.55. The van der Waals surface area contributed by atoms with E-state index in [1.54, 1.807) is 6.20 Å². The van der Waals surface area contributed by atoms with Crippen molar-refractivity contribution in [3.05, 3.63) is 24.1 Å². The minimum absolute atomic E-state index is 0.615. The van der Waals surface area contributed by atoms with Crippen LogP contribution < -0.4 is 5.73 Å². The molecule has 0 saturated carbocycles. The van der Waals surface area contributed by atoms with Gasteiger partial charge in [-0.3, -0.25) is 0 Å². The van der Waals surface area contributed by atoms with Crippen molar-refractivity contribution in [2.45, 2.75) is 13.3 Å². The Hall–Kier alpha value is -1.09. The molecular weight excluding hydrogens is 140 g/mol. The van der Waals surface area contributed by atoms with Crippen molar-refractivity contribution in [3.63, 3.8) is 0 Å². The van der Waals surface area contributed by atoms with Gasteiger partial charge in [0.1, 0.15) is 5.76 Å². The summed E-state index contributed by atoms with van der Waals surface area (Å²) in [7, 11) is 0. The fraction of sp³-hybridized carbons (Fsp3) is 0.375. The number of hydrogen-bond donors (Lipinski definition) is 1. The quantitative estimate of drug-likeness (QED) is 0.711. The van der Waals surface area contributed by atoms with Crippen LogP contribution in [-0.2, 0) is 0 Å². The first-order chi connectivity index (χ1) is 5.25. The Balaban J connectivity index is 2.76. The summed E-state index contributed by atoms with van der Waals surface area (Å²) in [6.07, 6.45) is 2.47. The third-order valence-corrected chi connectivity index (χ3v) is 1.58. The number of nitrogens with two attached hydrogens (primary N) is 1. The molecule has 1 aromatic heterocycles. The van der Waals surface area contributed by atoms with E-state index in [0.717, 1.165) is 23.3 Å². The maximum atomic E-state index is 5.37. The molecule has 0 aliphatic carbocycles. The zero-order valence-corrected chi connectivity index (χ0v) is 6.63. The SMILES string of the molecule is C=C(CCN)c1cnoc1C. The molecule has 0 amide bonds. The molecule has 1 heterocycles. The van der Waals surface area contributed by atoms with E-state index in [4.69, 9.17) is 10.3 Å². The summed E-state index contributed by atoms with van der Waals surface area (Å²) in [4.78, 5) is 0. The first kappa shape index (κ1) is 8.01. The van der Waals surface area contributed by atoms with Gasteiger partial charge >= 0.3 is 0 Å². The lowest BCUT2D eigenvalue weighted by Crippen LogP contribution is -1.99. The third kappa shape index (κ3) is 1.68. The van der Waals surface area contributed by atoms with Crippen molar-refractivity contribution in [3.8, 4) is 0 Å². The second-order valence-corrected chi connectivity index (χ2v) is 2.44. The zero-order valence-electron chi connectivity index (χ0n) is 6.63. The van der Waals surface area contributed by atoms with Crippen molar-refractivity contribution >= 4 is 5.57 Å². The number of rotatable bonds is 3. The van der Waals surface area contributed by atoms with Crippen LogP contribution in [0.2, 0.25) is 0 Å². The van der Waals surface area contributed by atoms with Gasteiger partial charge < -0.3 is 10.3 Å². The third-order valence-electron chi connectivity index (χ3n) is 1.58. The summed E-state index contributed by atoms with van der Waals surface area (Å²) in [5.41, 5.74) is 7.35. The fourth-order valence-corrected chi connectivity index (χ4v) is 0.947. The Kier molecular flexibility index (Phi) is 2.44. The molecule has 0 aliphatic heterocycles. The van der Waals surface area contributed by atoms with Crippen LogP contribution in [0.4, 0.5) is 0 Å². The van der Waals surface area contributed by atoms with E-state index in [-0.39, 0.29) is 0 Å². The smallest absolute Gasteiger partial charge is 0.141 e. The summed E-state index contributed by atoms with van der Waals surface area (Å²) in [6, 6.07) is 0. The van der Waals surface area contributed by atoms with Gasteiger partial charge in [0.25, 0.3) is 0 Å². The highest BCUT2D eigenvalue weighted by atomic mass is 16.5. The van der Waals surface area contributed by atoms with Crippen molar-refractivity contribution in [2.75, 3.05) is 6.54 Å². The predicted octanol–water partition coefficient (Wildman–Crippen LogP) is 1.35. The Bertz CT molecular complexity index is 252. The Morgan fingerprint density at radius 1 is 1.82 bits per heavy atom. The van der Waals surface area contributed by atoms with Crippen molar-refractivity contribution in [2.24, 2.45) is 5.73 Å². The van der Waals surface area contributed by atoms with Crippen LogP contribution in [0.1, 0.15) is 17.7 Å². The highest BCUT2D eigenvalue weighted by molar-refractivity contribution is 5.63. The van der Waals surface area contributed by atoms with Crippen LogP contribution in [0.25, 0.3) is 5.57 Å². The molecule has 0 fully saturated rings. The van der Waals surface area contributed by atoms with Crippen LogP contribution >= 0.6 is 0 Å². The van der Waals surface area contributed by atoms with Gasteiger partial charge in [-0.05, 0) is 25.5 Å². The molecule has 1 aromatic rings. The van der Waals surface area contributed by atoms with Gasteiger partial charge in [0.05, 0.1) is 6.20 Å². The molecule has 11 heavy (non-hydrogen) atoms. The van der Waals surface area contributed by atoms with E-state index in [1.807, 2.05) is 6.92 Å². The molecule has 0 unspecified atom stereocenters. The Morgan fingerprint density at radius 2 is 2.55 bits per heavy atom. The molecule has 3 heteroatoms. The van der Waals surface area contributed by atoms with Gasteiger partial charge in [0.2, 0.25) is 0 Å². The summed E-state index contributed by atoms with van der Waals surface area (Å²) in [5, 5.41) is 3.65. The fourth-order valence-electron chi connectivity index (χ4n) is 0.947. The van der Waals surface area contributed by atoms with Crippen LogP contribution in [0, 0.1) is 6.92 Å². The highest BCUT2D eigenvalue weighted by Crippen LogP contribution is 2.18. The summed E-state index contributed by atoms with van der Waals surface area (Å²) < 4.78 is 4.88. The molecule has 1 rings (SSSR count). The number of hydrogen-bond acceptors (Lipinski definition) is 3. The molecule has 0 atom stereocenters. The molecule has 0 spiro atoms. The van der Waals surface area contributed by atoms with E-state index >= 15 is 0 Å². The summed E-state index contributed by atoms with van der Waals surface area (Å²) >= 11 is 0. The lowest BCUT2D eigenvalue weighted by atomic mass is 10.1. The molecule has 0 radical (unpaired) electrons. The van der Waals surface area contributed by atoms with Crippen LogP contribution in [0.15, 0.2) is 17.3 Å². The highest BCUT2D eigenvalue weighted by Gasteiger charge is 2.05. The molecule has 3 nitrogen and oxygen atoms in total. The molecule has 0 aliphatic rings. The van der Waals surface area contributed by atoms with Gasteiger partial charge in [-0.2, -0.15) is 0 Å². The average molecular weight is 152 g/mol. The Labute approximate surface area is 65.9 Å². The zero-order chi connectivity index (χ0) is 8.27. The van der Waals surface area contributed by atoms with E-state index < -0.39 is 0 Å². The van der Waals surface area contributed by atoms with Crippen LogP contribution in [0.5, 0.6) is 0 Å². The Morgan fingerprint density at radius 3 is 3.00 bits per heavy atom. The van der Waals surface area contributed by atoms with Gasteiger partial charge in [-0.25, -0.2) is 0 Å². The monoisotopic (exact) mass is 152 g/mol. The topological polar surface area (TPSA) is 52.0 Å². The number of nitrogens with zero attached hydrogens (tertiary/aromatic N) is 1. The lowest BCUT2D eigenvalue weighted by molar-refractivity contribution is 0.397. The second-order valence-electron chi connectivity index (χ2n) is 2.44. The van der Waals surface area contributed by atoms with Gasteiger partial charge in [0.15, 0.2) is 0 Å². The largest absolute Gasteiger partial charge is 0.361 e. The molecule has 0 aromatic carbocycles. The normalized spacial score (nSPS) is 10.0. The van der Waals surface area contributed by atoms with Gasteiger partial charge in [-0.15, -0.1) is 0 Å². The van der Waals surface area contributed by atoms with E-state index in [9.17, 15) is 0 Å². The lowest BCUT2D eigenvalue weighted by Gasteiger charge is -1.98. The van der Waals surface area contributed by atoms with E-state index in [0.29, 0.717) is 6.54 Å². The van der Waals surface area contributed by atoms with Gasteiger partial charge in [0, 0.05) is 5.56 Å². The number of aromatic nitrogens is 1. The van der Waals surface area contributed by atoms with Crippen LogP contribution in [-0.4, -0.2) is 11.7 Å². The maximum absolute atomic E-state index is 5.37. The maximum Gasteiger partial charge on any atom is 0.141 e.